The number of nitrogens with zero attached hydrogens (tertiary/aromatic N) is 2. The molecule has 0 atom stereocenters. The van der Waals surface area contributed by atoms with E-state index < -0.39 is 0 Å². The lowest BCUT2D eigenvalue weighted by molar-refractivity contribution is -0.100. The third-order valence-electron chi connectivity index (χ3n) is 3.99. The average Bonchev–Trinajstić information content (AvgIpc) is 2.60. The first-order valence-corrected chi connectivity index (χ1v) is 7.71. The van der Waals surface area contributed by atoms with Gasteiger partial charge in [0.25, 0.3) is 0 Å². The summed E-state index contributed by atoms with van der Waals surface area (Å²) in [6.45, 7) is 0. The van der Waals surface area contributed by atoms with Gasteiger partial charge in [0, 0.05) is 0 Å². The quantitative estimate of drug-likeness (QED) is 0.688. The largest absolute Gasteiger partial charge is 0.288 e. The van der Waals surface area contributed by atoms with Crippen molar-refractivity contribution in [2.45, 2.75) is 32.1 Å². The number of rotatable bonds is 0. The van der Waals surface area contributed by atoms with Crippen LogP contribution in [0.25, 0.3) is 0 Å². The van der Waals surface area contributed by atoms with E-state index in [1.807, 2.05) is 24.3 Å². The molecule has 2 aromatic carbocycles. The summed E-state index contributed by atoms with van der Waals surface area (Å²) in [5.41, 5.74) is 3.07. The summed E-state index contributed by atoms with van der Waals surface area (Å²) in [4.78, 5) is 10.8. The van der Waals surface area contributed by atoms with Crippen molar-refractivity contribution < 1.29 is 9.78 Å². The molecule has 0 spiro atoms. The number of hydrogen-bond donors (Lipinski definition) is 0. The maximum Gasteiger partial charge on any atom is 0.196 e. The number of aryl methyl sites for hydroxylation is 2. The molecule has 0 fully saturated rings. The Labute approximate surface area is 135 Å². The predicted molar refractivity (Wildman–Crippen MR) is 84.8 cm³/mol. The SMILES string of the molecule is N#Cc1ccc2cc1OOc1cc(ccc1C#N)CCCCC2. The molecule has 1 aliphatic rings. The van der Waals surface area contributed by atoms with Gasteiger partial charge in [-0.2, -0.15) is 10.5 Å². The van der Waals surface area contributed by atoms with Gasteiger partial charge >= 0.3 is 0 Å². The molecular formula is C19H16N2O2. The van der Waals surface area contributed by atoms with Gasteiger partial charge in [0.2, 0.25) is 0 Å². The molecule has 23 heavy (non-hydrogen) atoms. The average molecular weight is 304 g/mol. The van der Waals surface area contributed by atoms with Crippen molar-refractivity contribution in [3.8, 4) is 23.6 Å². The molecule has 3 rings (SSSR count). The monoisotopic (exact) mass is 304 g/mol. The summed E-state index contributed by atoms with van der Waals surface area (Å²) in [5, 5.41) is 18.4. The Morgan fingerprint density at radius 3 is 1.61 bits per heavy atom. The van der Waals surface area contributed by atoms with E-state index in [-0.39, 0.29) is 0 Å². The van der Waals surface area contributed by atoms with E-state index in [4.69, 9.17) is 9.78 Å². The van der Waals surface area contributed by atoms with Gasteiger partial charge in [-0.1, -0.05) is 18.6 Å². The molecule has 0 N–H and O–H groups in total. The summed E-state index contributed by atoms with van der Waals surface area (Å²) < 4.78 is 0. The Morgan fingerprint density at radius 2 is 1.17 bits per heavy atom. The maximum atomic E-state index is 9.20. The summed E-state index contributed by atoms with van der Waals surface area (Å²) in [7, 11) is 0. The highest BCUT2D eigenvalue weighted by atomic mass is 17.2. The lowest BCUT2D eigenvalue weighted by Crippen LogP contribution is -2.04. The van der Waals surface area contributed by atoms with Gasteiger partial charge in [0.05, 0.1) is 11.1 Å². The van der Waals surface area contributed by atoms with Crippen LogP contribution in [-0.2, 0) is 12.8 Å². The van der Waals surface area contributed by atoms with Crippen LogP contribution in [0.2, 0.25) is 0 Å². The Kier molecular flexibility index (Phi) is 4.45. The molecule has 0 unspecified atom stereocenters. The first-order chi connectivity index (χ1) is 11.3. The third kappa shape index (κ3) is 3.44. The fourth-order valence-electron chi connectivity index (χ4n) is 2.69. The van der Waals surface area contributed by atoms with Crippen LogP contribution in [0.3, 0.4) is 0 Å². The van der Waals surface area contributed by atoms with Gasteiger partial charge in [0.15, 0.2) is 11.5 Å². The summed E-state index contributed by atoms with van der Waals surface area (Å²) in [6, 6.07) is 15.3. The zero-order valence-corrected chi connectivity index (χ0v) is 12.7. The minimum absolute atomic E-state index is 0.388. The van der Waals surface area contributed by atoms with Gasteiger partial charge in [-0.25, -0.2) is 0 Å². The number of hydrogen-bond acceptors (Lipinski definition) is 4. The van der Waals surface area contributed by atoms with Crippen LogP contribution in [0.4, 0.5) is 0 Å². The van der Waals surface area contributed by atoms with Crippen molar-refractivity contribution in [3.63, 3.8) is 0 Å². The van der Waals surface area contributed by atoms with Crippen LogP contribution in [0.1, 0.15) is 41.5 Å². The molecule has 1 heterocycles. The lowest BCUT2D eigenvalue weighted by Gasteiger charge is -2.10. The second-order valence-electron chi connectivity index (χ2n) is 5.61. The fourth-order valence-corrected chi connectivity index (χ4v) is 2.69. The van der Waals surface area contributed by atoms with Crippen LogP contribution in [0, 0.1) is 22.7 Å². The predicted octanol–water partition coefficient (Wildman–Crippen LogP) is 4.07. The molecule has 2 aromatic rings. The second-order valence-corrected chi connectivity index (χ2v) is 5.61. The maximum absolute atomic E-state index is 9.20. The lowest BCUT2D eigenvalue weighted by atomic mass is 10.0. The van der Waals surface area contributed by atoms with E-state index >= 15 is 0 Å². The number of benzene rings is 2. The second kappa shape index (κ2) is 6.85. The van der Waals surface area contributed by atoms with Crippen molar-refractivity contribution >= 4 is 0 Å². The summed E-state index contributed by atoms with van der Waals surface area (Å²) in [6.07, 6.45) is 5.21. The van der Waals surface area contributed by atoms with Crippen LogP contribution < -0.4 is 9.78 Å². The molecule has 1 aliphatic heterocycles. The van der Waals surface area contributed by atoms with E-state index in [9.17, 15) is 10.5 Å². The van der Waals surface area contributed by atoms with Gasteiger partial charge < -0.3 is 0 Å². The highest BCUT2D eigenvalue weighted by Gasteiger charge is 2.12. The molecule has 4 bridgehead atoms. The van der Waals surface area contributed by atoms with E-state index in [0.29, 0.717) is 22.6 Å². The number of fused-ring (bicyclic) bond motifs is 4. The van der Waals surface area contributed by atoms with Gasteiger partial charge in [-0.05, 0) is 61.1 Å². The van der Waals surface area contributed by atoms with Crippen molar-refractivity contribution in [3.05, 3.63) is 58.7 Å². The first-order valence-electron chi connectivity index (χ1n) is 7.71. The molecule has 0 saturated carbocycles. The number of nitriles is 2. The highest BCUT2D eigenvalue weighted by molar-refractivity contribution is 5.47. The molecule has 114 valence electrons. The van der Waals surface area contributed by atoms with Crippen molar-refractivity contribution in [2.75, 3.05) is 0 Å². The molecule has 4 heteroatoms. The first kappa shape index (κ1) is 14.9. The molecule has 0 amide bonds. The molecule has 4 nitrogen and oxygen atoms in total. The summed E-state index contributed by atoms with van der Waals surface area (Å²) >= 11 is 0. The Morgan fingerprint density at radius 1 is 0.696 bits per heavy atom. The van der Waals surface area contributed by atoms with Gasteiger partial charge in [-0.3, -0.25) is 9.78 Å². The Hall–Kier alpha value is -2.98. The fraction of sp³-hybridized carbons (Fsp3) is 0.263. The van der Waals surface area contributed by atoms with Crippen LogP contribution in [-0.4, -0.2) is 0 Å². The van der Waals surface area contributed by atoms with Crippen LogP contribution in [0.15, 0.2) is 36.4 Å². The van der Waals surface area contributed by atoms with Gasteiger partial charge in [-0.15, -0.1) is 0 Å². The standard InChI is InChI=1S/C19H16N2O2/c20-12-16-8-6-14-4-2-1-3-5-15-7-9-17(13-21)19(11-15)23-22-18(16)10-14/h6-11H,1-5H2. The van der Waals surface area contributed by atoms with Crippen molar-refractivity contribution in [1.82, 2.24) is 0 Å². The highest BCUT2D eigenvalue weighted by Crippen LogP contribution is 2.26. The van der Waals surface area contributed by atoms with Crippen molar-refractivity contribution in [2.24, 2.45) is 0 Å². The molecular weight excluding hydrogens is 288 g/mol. The minimum Gasteiger partial charge on any atom is -0.288 e. The van der Waals surface area contributed by atoms with Gasteiger partial charge in [0.1, 0.15) is 12.1 Å². The smallest absolute Gasteiger partial charge is 0.196 e. The topological polar surface area (TPSA) is 66.0 Å². The molecule has 0 aliphatic carbocycles. The molecule has 0 radical (unpaired) electrons. The minimum atomic E-state index is 0.388. The van der Waals surface area contributed by atoms with Crippen LogP contribution >= 0.6 is 0 Å². The van der Waals surface area contributed by atoms with E-state index in [0.717, 1.165) is 43.2 Å². The summed E-state index contributed by atoms with van der Waals surface area (Å²) in [5.74, 6) is 0.775. The van der Waals surface area contributed by atoms with Crippen LogP contribution in [0.5, 0.6) is 11.5 Å². The Bertz CT molecular complexity index is 732. The van der Waals surface area contributed by atoms with E-state index in [1.165, 1.54) is 0 Å². The van der Waals surface area contributed by atoms with E-state index in [1.54, 1.807) is 12.1 Å². The Balaban J connectivity index is 1.97. The third-order valence-corrected chi connectivity index (χ3v) is 3.99. The van der Waals surface area contributed by atoms with E-state index in [2.05, 4.69) is 12.1 Å². The molecule has 0 saturated heterocycles. The van der Waals surface area contributed by atoms with Crippen molar-refractivity contribution in [1.29, 1.82) is 10.5 Å². The molecule has 0 aromatic heterocycles. The normalized spacial score (nSPS) is 13.8. The zero-order valence-electron chi connectivity index (χ0n) is 12.7. The zero-order chi connectivity index (χ0) is 16.1.